The van der Waals surface area contributed by atoms with E-state index in [9.17, 15) is 4.91 Å². The molecule has 20 heavy (non-hydrogen) atoms. The Hall–Kier alpha value is -2.60. The summed E-state index contributed by atoms with van der Waals surface area (Å²) in [5, 5.41) is 15.5. The maximum Gasteiger partial charge on any atom is 0.109 e. The second kappa shape index (κ2) is 4.82. The highest BCUT2D eigenvalue weighted by Gasteiger charge is 2.11. The van der Waals surface area contributed by atoms with Crippen LogP contribution < -0.4 is 5.36 Å². The van der Waals surface area contributed by atoms with E-state index in [2.05, 4.69) is 21.9 Å². The van der Waals surface area contributed by atoms with Crippen molar-refractivity contribution in [2.75, 3.05) is 0 Å². The molecule has 0 saturated carbocycles. The number of hydrogen-bond donors (Lipinski definition) is 1. The second-order valence-electron chi connectivity index (χ2n) is 4.14. The van der Waals surface area contributed by atoms with Gasteiger partial charge in [-0.05, 0) is 35.5 Å². The Kier molecular flexibility index (Phi) is 3.00. The monoisotopic (exact) mass is 283 g/mol. The van der Waals surface area contributed by atoms with Crippen LogP contribution in [0.15, 0.2) is 47.2 Å². The molecule has 1 aliphatic carbocycles. The first-order valence-electron chi connectivity index (χ1n) is 5.77. The fourth-order valence-electron chi connectivity index (χ4n) is 2.00. The van der Waals surface area contributed by atoms with E-state index in [4.69, 9.17) is 5.21 Å². The van der Waals surface area contributed by atoms with Gasteiger partial charge in [-0.25, -0.2) is 4.98 Å². The van der Waals surface area contributed by atoms with Crippen LogP contribution in [0.1, 0.15) is 5.56 Å². The molecule has 5 nitrogen and oxygen atoms in total. The molecular weight excluding hydrogens is 274 g/mol. The first-order valence-corrected chi connectivity index (χ1v) is 6.59. The van der Waals surface area contributed by atoms with E-state index in [1.807, 2.05) is 0 Å². The predicted molar refractivity (Wildman–Crippen MR) is 79.1 cm³/mol. The molecule has 0 atom stereocenters. The van der Waals surface area contributed by atoms with Crippen LogP contribution >= 0.6 is 11.3 Å². The molecule has 3 rings (SSSR count). The average molecular weight is 283 g/mol. The molecule has 0 unspecified atom stereocenters. The van der Waals surface area contributed by atoms with E-state index in [1.165, 1.54) is 11.3 Å². The number of hydrogen-bond acceptors (Lipinski definition) is 6. The minimum atomic E-state index is 0.363. The van der Waals surface area contributed by atoms with Crippen LogP contribution in [-0.2, 0) is 0 Å². The predicted octanol–water partition coefficient (Wildman–Crippen LogP) is 3.73. The smallest absolute Gasteiger partial charge is 0.109 e. The average Bonchev–Trinajstić information content (AvgIpc) is 2.51. The standard InChI is InChI=1S/C14H9N3O2S/c1-2-8-5-10(17-19)7-13-14(8)15-11-4-3-9(16-18)6-12(11)20-13/h2-7,19H,1H2. The molecule has 1 aromatic rings. The lowest BCUT2D eigenvalue weighted by Crippen LogP contribution is -2.04. The van der Waals surface area contributed by atoms with Gasteiger partial charge in [0.05, 0.1) is 20.8 Å². The number of rotatable bonds is 2. The number of benzene rings is 2. The molecule has 1 heterocycles. The van der Waals surface area contributed by atoms with Gasteiger partial charge in [-0.15, -0.1) is 16.2 Å². The maximum atomic E-state index is 10.6. The molecule has 1 N–H and O–H groups in total. The van der Waals surface area contributed by atoms with Gasteiger partial charge in [0, 0.05) is 5.56 Å². The summed E-state index contributed by atoms with van der Waals surface area (Å²) in [5.41, 5.74) is 2.73. The highest BCUT2D eigenvalue weighted by atomic mass is 32.1. The molecule has 1 aromatic carbocycles. The van der Waals surface area contributed by atoms with Gasteiger partial charge in [0.15, 0.2) is 0 Å². The van der Waals surface area contributed by atoms with Crippen molar-refractivity contribution in [3.8, 4) is 10.6 Å². The molecule has 0 fully saturated rings. The van der Waals surface area contributed by atoms with Gasteiger partial charge >= 0.3 is 0 Å². The highest BCUT2D eigenvalue weighted by molar-refractivity contribution is 7.21. The van der Waals surface area contributed by atoms with Crippen molar-refractivity contribution in [2.45, 2.75) is 0 Å². The van der Waals surface area contributed by atoms with Crippen molar-refractivity contribution in [3.63, 3.8) is 0 Å². The topological polar surface area (TPSA) is 74.9 Å². The van der Waals surface area contributed by atoms with E-state index < -0.39 is 0 Å². The van der Waals surface area contributed by atoms with E-state index in [0.717, 1.165) is 26.4 Å². The molecule has 6 heteroatoms. The van der Waals surface area contributed by atoms with Gasteiger partial charge in [0.2, 0.25) is 0 Å². The van der Waals surface area contributed by atoms with Crippen LogP contribution in [0.2, 0.25) is 0 Å². The fraction of sp³-hybridized carbons (Fsp3) is 0. The first kappa shape index (κ1) is 12.4. The van der Waals surface area contributed by atoms with Gasteiger partial charge in [-0.1, -0.05) is 17.8 Å². The molecule has 0 radical (unpaired) electrons. The lowest BCUT2D eigenvalue weighted by Gasteiger charge is -2.09. The van der Waals surface area contributed by atoms with Gasteiger partial charge < -0.3 is 5.21 Å². The molecule has 98 valence electrons. The Morgan fingerprint density at radius 1 is 1.30 bits per heavy atom. The third kappa shape index (κ3) is 1.96. The molecule has 0 spiro atoms. The summed E-state index contributed by atoms with van der Waals surface area (Å²) in [6.45, 7) is 3.75. The Morgan fingerprint density at radius 3 is 2.85 bits per heavy atom. The summed E-state index contributed by atoms with van der Waals surface area (Å²) in [6, 6.07) is 8.53. The van der Waals surface area contributed by atoms with Crippen molar-refractivity contribution in [1.29, 1.82) is 0 Å². The zero-order valence-corrected chi connectivity index (χ0v) is 11.1. The second-order valence-corrected chi connectivity index (χ2v) is 5.23. The summed E-state index contributed by atoms with van der Waals surface area (Å²) in [7, 11) is 0. The Bertz CT molecular complexity index is 870. The van der Waals surface area contributed by atoms with Gasteiger partial charge in [-0.3, -0.25) is 0 Å². The van der Waals surface area contributed by atoms with E-state index >= 15 is 0 Å². The number of fused-ring (bicyclic) bond motifs is 2. The molecule has 0 bridgehead atoms. The van der Waals surface area contributed by atoms with Crippen LogP contribution in [0.4, 0.5) is 5.69 Å². The van der Waals surface area contributed by atoms with Crippen molar-refractivity contribution in [3.05, 3.63) is 52.7 Å². The van der Waals surface area contributed by atoms with Crippen LogP contribution in [-0.4, -0.2) is 10.2 Å². The molecule has 0 amide bonds. The van der Waals surface area contributed by atoms with Gasteiger partial charge in [0.1, 0.15) is 11.0 Å². The summed E-state index contributed by atoms with van der Waals surface area (Å²) >= 11 is 1.46. The lowest BCUT2D eigenvalue weighted by molar-refractivity contribution is 0.302. The summed E-state index contributed by atoms with van der Waals surface area (Å²) < 4.78 is 0.847. The summed E-state index contributed by atoms with van der Waals surface area (Å²) in [5.74, 6) is 0. The van der Waals surface area contributed by atoms with E-state index in [1.54, 1.807) is 36.4 Å². The molecule has 1 aliphatic heterocycles. The van der Waals surface area contributed by atoms with E-state index in [0.29, 0.717) is 11.0 Å². The molecule has 0 aromatic heterocycles. The molecular formula is C14H9N3O2S. The van der Waals surface area contributed by atoms with Crippen LogP contribution in [0.5, 0.6) is 0 Å². The maximum absolute atomic E-state index is 10.6. The van der Waals surface area contributed by atoms with Crippen molar-refractivity contribution in [2.24, 2.45) is 10.3 Å². The Morgan fingerprint density at radius 2 is 2.15 bits per heavy atom. The summed E-state index contributed by atoms with van der Waals surface area (Å²) in [4.78, 5) is 16.0. The van der Waals surface area contributed by atoms with Gasteiger partial charge in [0.25, 0.3) is 0 Å². The lowest BCUT2D eigenvalue weighted by atomic mass is 10.1. The number of nitrogens with zero attached hydrogens (tertiary/aromatic N) is 3. The minimum Gasteiger partial charge on any atom is -0.410 e. The zero-order chi connectivity index (χ0) is 14.1. The van der Waals surface area contributed by atoms with Crippen molar-refractivity contribution >= 4 is 33.3 Å². The Balaban J connectivity index is 2.44. The van der Waals surface area contributed by atoms with E-state index in [-0.39, 0.29) is 0 Å². The quantitative estimate of drug-likeness (QED) is 0.337. The van der Waals surface area contributed by atoms with Crippen LogP contribution in [0.3, 0.4) is 0 Å². The normalized spacial score (nSPS) is 11.9. The highest BCUT2D eigenvalue weighted by Crippen LogP contribution is 2.33. The van der Waals surface area contributed by atoms with Gasteiger partial charge in [-0.2, -0.15) is 0 Å². The Labute approximate surface area is 117 Å². The number of aromatic nitrogens is 1. The SMILES string of the molecule is C=Cc1cc(=NO)cc2sc3cc(N=O)ccc3nc1-2. The zero-order valence-electron chi connectivity index (χ0n) is 10.3. The largest absolute Gasteiger partial charge is 0.410 e. The van der Waals surface area contributed by atoms with Crippen LogP contribution in [0, 0.1) is 4.91 Å². The molecule has 0 saturated heterocycles. The minimum absolute atomic E-state index is 0.363. The summed E-state index contributed by atoms with van der Waals surface area (Å²) in [6.07, 6.45) is 1.67. The van der Waals surface area contributed by atoms with Crippen LogP contribution in [0.25, 0.3) is 26.9 Å². The third-order valence-electron chi connectivity index (χ3n) is 2.93. The van der Waals surface area contributed by atoms with Crippen molar-refractivity contribution in [1.82, 2.24) is 4.98 Å². The third-order valence-corrected chi connectivity index (χ3v) is 4.00. The fourth-order valence-corrected chi connectivity index (χ4v) is 3.07. The first-order chi connectivity index (χ1) is 9.75. The number of nitroso groups, excluding NO2 is 1. The molecule has 2 aliphatic rings. The van der Waals surface area contributed by atoms with Crippen molar-refractivity contribution < 1.29 is 5.21 Å².